The zero-order valence-electron chi connectivity index (χ0n) is 8.32. The quantitative estimate of drug-likeness (QED) is 0.671. The van der Waals surface area contributed by atoms with Crippen molar-refractivity contribution in [2.45, 2.75) is 19.3 Å². The Bertz CT molecular complexity index is 244. The summed E-state index contributed by atoms with van der Waals surface area (Å²) >= 11 is 0. The second kappa shape index (κ2) is 5.19. The number of aryl methyl sites for hydroxylation is 1. The van der Waals surface area contributed by atoms with Gasteiger partial charge in [-0.3, -0.25) is 0 Å². The van der Waals surface area contributed by atoms with Crippen LogP contribution in [0.4, 0.5) is 0 Å². The van der Waals surface area contributed by atoms with Crippen molar-refractivity contribution < 1.29 is 0 Å². The Labute approximate surface area is 87.3 Å². The third-order valence-corrected chi connectivity index (χ3v) is 2.51. The summed E-state index contributed by atoms with van der Waals surface area (Å²) in [6, 6.07) is 10.7. The van der Waals surface area contributed by atoms with Crippen LogP contribution in [0.2, 0.25) is 0 Å². The van der Waals surface area contributed by atoms with Gasteiger partial charge in [0.1, 0.15) is 0 Å². The normalized spacial score (nSPS) is 17.4. The van der Waals surface area contributed by atoms with E-state index in [0.29, 0.717) is 0 Å². The highest BCUT2D eigenvalue weighted by Crippen LogP contribution is 2.27. The molecule has 14 heavy (non-hydrogen) atoms. The van der Waals surface area contributed by atoms with Gasteiger partial charge in [-0.2, -0.15) is 0 Å². The second-order valence-electron chi connectivity index (χ2n) is 3.63. The molecule has 0 heteroatoms. The smallest absolute Gasteiger partial charge is 0.0167 e. The molecule has 0 N–H and O–H groups in total. The first-order chi connectivity index (χ1) is 6.95. The van der Waals surface area contributed by atoms with Crippen LogP contribution in [0.25, 0.3) is 0 Å². The van der Waals surface area contributed by atoms with Crippen LogP contribution in [-0.2, 0) is 6.42 Å². The largest absolute Gasteiger partial charge is 0.0622 e. The highest BCUT2D eigenvalue weighted by molar-refractivity contribution is 5.35. The molecule has 1 aromatic carbocycles. The fourth-order valence-electron chi connectivity index (χ4n) is 1.72. The zero-order valence-corrected chi connectivity index (χ0v) is 8.32. The summed E-state index contributed by atoms with van der Waals surface area (Å²) in [5.41, 5.74) is 1.44. The Morgan fingerprint density at radius 3 is 2.21 bits per heavy atom. The number of benzene rings is 1. The topological polar surface area (TPSA) is 0 Å². The van der Waals surface area contributed by atoms with E-state index in [2.05, 4.69) is 56.0 Å². The van der Waals surface area contributed by atoms with Gasteiger partial charge in [-0.25, -0.2) is 0 Å². The summed E-state index contributed by atoms with van der Waals surface area (Å²) in [6.45, 7) is 0. The van der Waals surface area contributed by atoms with Crippen LogP contribution in [0.15, 0.2) is 30.3 Å². The Morgan fingerprint density at radius 1 is 0.786 bits per heavy atom. The van der Waals surface area contributed by atoms with E-state index in [-0.39, 0.29) is 0 Å². The third kappa shape index (κ3) is 2.87. The van der Waals surface area contributed by atoms with E-state index in [9.17, 15) is 0 Å². The van der Waals surface area contributed by atoms with Gasteiger partial charge >= 0.3 is 0 Å². The van der Waals surface area contributed by atoms with Crippen LogP contribution in [0.3, 0.4) is 0 Å². The number of hydrogen-bond acceptors (Lipinski definition) is 0. The molecule has 1 aromatic rings. The van der Waals surface area contributed by atoms with E-state index in [1.54, 1.807) is 0 Å². The van der Waals surface area contributed by atoms with Gasteiger partial charge in [-0.05, 0) is 56.4 Å². The standard InChI is InChI=1S/C14H15/c1-2-7-13(8-3-1)11-6-12-14-9-4-5-10-14/h1-5,7-10H,6,11-12H2. The summed E-state index contributed by atoms with van der Waals surface area (Å²) in [5.74, 6) is 1.46. The van der Waals surface area contributed by atoms with Crippen molar-refractivity contribution in [2.24, 2.45) is 0 Å². The maximum Gasteiger partial charge on any atom is -0.0167 e. The average molecular weight is 183 g/mol. The van der Waals surface area contributed by atoms with Crippen molar-refractivity contribution in [1.82, 2.24) is 0 Å². The molecular formula is C14H15. The Hall–Kier alpha value is -0.780. The third-order valence-electron chi connectivity index (χ3n) is 2.51. The van der Waals surface area contributed by atoms with Crippen LogP contribution >= 0.6 is 0 Å². The van der Waals surface area contributed by atoms with Crippen molar-refractivity contribution in [2.75, 3.05) is 0 Å². The molecule has 1 saturated carbocycles. The molecule has 0 amide bonds. The summed E-state index contributed by atoms with van der Waals surface area (Å²) in [6.07, 6.45) is 12.2. The van der Waals surface area contributed by atoms with Crippen LogP contribution in [0.5, 0.6) is 0 Å². The Kier molecular flexibility index (Phi) is 3.62. The maximum absolute atomic E-state index is 2.20. The van der Waals surface area contributed by atoms with Crippen LogP contribution < -0.4 is 0 Å². The molecule has 0 saturated heterocycles. The molecule has 0 aliphatic heterocycles. The first kappa shape index (κ1) is 9.76. The van der Waals surface area contributed by atoms with Crippen molar-refractivity contribution in [1.29, 1.82) is 0 Å². The molecule has 0 atom stereocenters. The molecule has 0 spiro atoms. The van der Waals surface area contributed by atoms with Crippen molar-refractivity contribution in [3.63, 3.8) is 0 Å². The van der Waals surface area contributed by atoms with Gasteiger partial charge in [0.05, 0.1) is 0 Å². The molecule has 2 rings (SSSR count). The highest BCUT2D eigenvalue weighted by atomic mass is 14.2. The number of hydrogen-bond donors (Lipinski definition) is 0. The predicted molar refractivity (Wildman–Crippen MR) is 59.8 cm³/mol. The maximum atomic E-state index is 2.20. The summed E-state index contributed by atoms with van der Waals surface area (Å²) < 4.78 is 0. The summed E-state index contributed by atoms with van der Waals surface area (Å²) in [4.78, 5) is 0. The van der Waals surface area contributed by atoms with Gasteiger partial charge in [0.25, 0.3) is 0 Å². The lowest BCUT2D eigenvalue weighted by molar-refractivity contribution is 0.777. The first-order valence-corrected chi connectivity index (χ1v) is 5.20. The second-order valence-corrected chi connectivity index (χ2v) is 3.63. The van der Waals surface area contributed by atoms with E-state index < -0.39 is 0 Å². The SMILES string of the molecule is [CH]1[CH][CH][C](CCCc2ccccc2)[CH]1. The number of rotatable bonds is 4. The van der Waals surface area contributed by atoms with Crippen molar-refractivity contribution in [3.8, 4) is 0 Å². The molecule has 5 radical (unpaired) electrons. The van der Waals surface area contributed by atoms with Gasteiger partial charge in [0.15, 0.2) is 0 Å². The van der Waals surface area contributed by atoms with Gasteiger partial charge in [0.2, 0.25) is 0 Å². The fraction of sp³-hybridized carbons (Fsp3) is 0.214. The van der Waals surface area contributed by atoms with E-state index in [4.69, 9.17) is 0 Å². The lowest BCUT2D eigenvalue weighted by Crippen LogP contribution is -1.93. The molecule has 0 heterocycles. The van der Waals surface area contributed by atoms with E-state index in [0.717, 1.165) is 0 Å². The lowest BCUT2D eigenvalue weighted by Gasteiger charge is -2.06. The van der Waals surface area contributed by atoms with Crippen molar-refractivity contribution in [3.05, 3.63) is 67.5 Å². The molecule has 1 aliphatic rings. The monoisotopic (exact) mass is 183 g/mol. The molecule has 71 valence electrons. The van der Waals surface area contributed by atoms with Gasteiger partial charge in [0, 0.05) is 0 Å². The van der Waals surface area contributed by atoms with E-state index >= 15 is 0 Å². The Morgan fingerprint density at radius 2 is 1.50 bits per heavy atom. The first-order valence-electron chi connectivity index (χ1n) is 5.20. The van der Waals surface area contributed by atoms with Gasteiger partial charge < -0.3 is 0 Å². The Balaban J connectivity index is 1.67. The minimum atomic E-state index is 1.19. The zero-order chi connectivity index (χ0) is 9.64. The average Bonchev–Trinajstić information content (AvgIpc) is 2.72. The molecule has 1 aliphatic carbocycles. The van der Waals surface area contributed by atoms with Gasteiger partial charge in [-0.1, -0.05) is 30.3 Å². The summed E-state index contributed by atoms with van der Waals surface area (Å²) in [5, 5.41) is 0. The van der Waals surface area contributed by atoms with E-state index in [1.807, 2.05) is 0 Å². The molecular weight excluding hydrogens is 168 g/mol. The minimum absolute atomic E-state index is 1.19. The van der Waals surface area contributed by atoms with Gasteiger partial charge in [-0.15, -0.1) is 0 Å². The molecule has 0 bridgehead atoms. The van der Waals surface area contributed by atoms with Crippen LogP contribution in [0, 0.1) is 31.6 Å². The molecule has 1 fully saturated rings. The minimum Gasteiger partial charge on any atom is -0.0622 e. The van der Waals surface area contributed by atoms with Crippen LogP contribution in [0.1, 0.15) is 18.4 Å². The molecule has 0 nitrogen and oxygen atoms in total. The van der Waals surface area contributed by atoms with E-state index in [1.165, 1.54) is 30.7 Å². The van der Waals surface area contributed by atoms with Crippen molar-refractivity contribution >= 4 is 0 Å². The summed E-state index contributed by atoms with van der Waals surface area (Å²) in [7, 11) is 0. The predicted octanol–water partition coefficient (Wildman–Crippen LogP) is 3.41. The fourth-order valence-corrected chi connectivity index (χ4v) is 1.72. The van der Waals surface area contributed by atoms with Crippen LogP contribution in [-0.4, -0.2) is 0 Å². The lowest BCUT2D eigenvalue weighted by atomic mass is 9.98. The molecule has 0 unspecified atom stereocenters. The molecule has 0 aromatic heterocycles. The highest BCUT2D eigenvalue weighted by Gasteiger charge is 2.15.